The maximum Gasteiger partial charge on any atom is 0.416 e. The molecule has 3 aromatic carbocycles. The quantitative estimate of drug-likeness (QED) is 0.482. The summed E-state index contributed by atoms with van der Waals surface area (Å²) in [6, 6.07) is 15.1. The molecular formula is C24H20F4N2O4. The fourth-order valence-electron chi connectivity index (χ4n) is 3.69. The zero-order valence-electron chi connectivity index (χ0n) is 17.7. The fraction of sp³-hybridized carbons (Fsp3) is 0.208. The van der Waals surface area contributed by atoms with Gasteiger partial charge in [0.25, 0.3) is 5.91 Å². The Balaban J connectivity index is 1.63. The SMILES string of the molecule is O=C(Nc1ccc(C(F)(F)F)cc1)c1cccc2c1OC[C@H](CO)N2c1ccc(OCF)cc1. The number of aliphatic hydroxyl groups is 1. The van der Waals surface area contributed by atoms with Gasteiger partial charge in [-0.2, -0.15) is 13.2 Å². The van der Waals surface area contributed by atoms with Gasteiger partial charge in [-0.05, 0) is 60.7 Å². The van der Waals surface area contributed by atoms with Crippen LogP contribution in [0.5, 0.6) is 11.5 Å². The minimum atomic E-state index is -4.47. The van der Waals surface area contributed by atoms with Gasteiger partial charge in [-0.25, -0.2) is 4.39 Å². The maximum atomic E-state index is 12.9. The molecule has 4 rings (SSSR count). The van der Waals surface area contributed by atoms with E-state index in [2.05, 4.69) is 5.32 Å². The molecule has 0 aromatic heterocycles. The summed E-state index contributed by atoms with van der Waals surface area (Å²) >= 11 is 0. The number of anilines is 3. The number of ether oxygens (including phenoxy) is 2. The van der Waals surface area contributed by atoms with Gasteiger partial charge in [-0.1, -0.05) is 6.07 Å². The molecule has 2 N–H and O–H groups in total. The lowest BCUT2D eigenvalue weighted by Crippen LogP contribution is -2.43. The summed E-state index contributed by atoms with van der Waals surface area (Å²) in [5.74, 6) is 0.0383. The van der Waals surface area contributed by atoms with Gasteiger partial charge in [-0.15, -0.1) is 0 Å². The van der Waals surface area contributed by atoms with Gasteiger partial charge in [0.1, 0.15) is 12.4 Å². The molecule has 0 spiro atoms. The zero-order valence-corrected chi connectivity index (χ0v) is 17.7. The number of carbonyl (C=O) groups is 1. The van der Waals surface area contributed by atoms with Gasteiger partial charge in [0.05, 0.1) is 29.5 Å². The molecule has 1 aliphatic heterocycles. The smallest absolute Gasteiger partial charge is 0.416 e. The van der Waals surface area contributed by atoms with Crippen molar-refractivity contribution in [1.82, 2.24) is 0 Å². The van der Waals surface area contributed by atoms with Crippen LogP contribution in [0.2, 0.25) is 0 Å². The molecule has 0 saturated carbocycles. The zero-order chi connectivity index (χ0) is 24.3. The van der Waals surface area contributed by atoms with Gasteiger partial charge in [0.2, 0.25) is 6.86 Å². The third kappa shape index (κ3) is 4.76. The van der Waals surface area contributed by atoms with Crippen molar-refractivity contribution < 1.29 is 36.9 Å². The van der Waals surface area contributed by atoms with Crippen LogP contribution in [0.4, 0.5) is 34.6 Å². The van der Waals surface area contributed by atoms with Crippen molar-refractivity contribution in [2.24, 2.45) is 0 Å². The number of aliphatic hydroxyl groups excluding tert-OH is 1. The Kier molecular flexibility index (Phi) is 6.60. The van der Waals surface area contributed by atoms with Gasteiger partial charge in [-0.3, -0.25) is 4.79 Å². The lowest BCUT2D eigenvalue weighted by Gasteiger charge is -2.38. The van der Waals surface area contributed by atoms with E-state index in [1.807, 2.05) is 0 Å². The third-order valence-electron chi connectivity index (χ3n) is 5.30. The number of alkyl halides is 4. The van der Waals surface area contributed by atoms with Crippen molar-refractivity contribution in [3.63, 3.8) is 0 Å². The van der Waals surface area contributed by atoms with Crippen LogP contribution in [0, 0.1) is 0 Å². The van der Waals surface area contributed by atoms with Crippen LogP contribution in [0.15, 0.2) is 66.7 Å². The number of nitrogens with zero attached hydrogens (tertiary/aromatic N) is 1. The molecule has 10 heteroatoms. The first kappa shape index (κ1) is 23.4. The standard InChI is InChI=1S/C24H20F4N2O4/c25-14-34-19-10-8-17(9-11-19)30-18(12-31)13-33-22-20(2-1-3-21(22)30)23(32)29-16-6-4-15(5-7-16)24(26,27)28/h1-11,18,31H,12-14H2,(H,29,32)/t18-/m0/s1. The van der Waals surface area contributed by atoms with Crippen molar-refractivity contribution in [1.29, 1.82) is 0 Å². The number of benzene rings is 3. The number of hydrogen-bond acceptors (Lipinski definition) is 5. The van der Waals surface area contributed by atoms with Crippen molar-refractivity contribution in [2.45, 2.75) is 12.2 Å². The van der Waals surface area contributed by atoms with Crippen molar-refractivity contribution in [3.05, 3.63) is 77.9 Å². The van der Waals surface area contributed by atoms with Crippen LogP contribution >= 0.6 is 0 Å². The van der Waals surface area contributed by atoms with Gasteiger partial charge >= 0.3 is 6.18 Å². The van der Waals surface area contributed by atoms with Crippen molar-refractivity contribution in [2.75, 3.05) is 30.3 Å². The predicted octanol–water partition coefficient (Wildman–Crippen LogP) is 5.15. The normalized spacial score (nSPS) is 15.3. The molecule has 0 fully saturated rings. The van der Waals surface area contributed by atoms with E-state index in [0.717, 1.165) is 12.1 Å². The Morgan fingerprint density at radius 2 is 1.79 bits per heavy atom. The predicted molar refractivity (Wildman–Crippen MR) is 117 cm³/mol. The molecular weight excluding hydrogens is 456 g/mol. The number of halogens is 4. The molecule has 1 aliphatic rings. The summed E-state index contributed by atoms with van der Waals surface area (Å²) in [7, 11) is 0. The number of carbonyl (C=O) groups excluding carboxylic acids is 1. The molecule has 0 aliphatic carbocycles. The average Bonchev–Trinajstić information content (AvgIpc) is 2.83. The second-order valence-electron chi connectivity index (χ2n) is 7.45. The molecule has 0 radical (unpaired) electrons. The van der Waals surface area contributed by atoms with Gasteiger partial charge < -0.3 is 24.8 Å². The molecule has 0 bridgehead atoms. The fourth-order valence-corrected chi connectivity index (χ4v) is 3.69. The van der Waals surface area contributed by atoms with Crippen LogP contribution in [0.3, 0.4) is 0 Å². The van der Waals surface area contributed by atoms with E-state index in [1.54, 1.807) is 41.3 Å². The largest absolute Gasteiger partial charge is 0.488 e. The molecule has 1 amide bonds. The van der Waals surface area contributed by atoms with Crippen LogP contribution in [-0.4, -0.2) is 37.1 Å². The molecule has 3 aromatic rings. The molecule has 0 saturated heterocycles. The van der Waals surface area contributed by atoms with Crippen LogP contribution in [-0.2, 0) is 6.18 Å². The van der Waals surface area contributed by atoms with Crippen molar-refractivity contribution in [3.8, 4) is 11.5 Å². The van der Waals surface area contributed by atoms with E-state index in [0.29, 0.717) is 17.1 Å². The topological polar surface area (TPSA) is 71.0 Å². The van der Waals surface area contributed by atoms with E-state index >= 15 is 0 Å². The highest BCUT2D eigenvalue weighted by Gasteiger charge is 2.32. The summed E-state index contributed by atoms with van der Waals surface area (Å²) in [6.45, 7) is -1.11. The Morgan fingerprint density at radius 3 is 2.41 bits per heavy atom. The highest BCUT2D eigenvalue weighted by molar-refractivity contribution is 6.07. The minimum absolute atomic E-state index is 0.0802. The molecule has 1 heterocycles. The Labute approximate surface area is 192 Å². The Morgan fingerprint density at radius 1 is 1.09 bits per heavy atom. The number of fused-ring (bicyclic) bond motifs is 1. The van der Waals surface area contributed by atoms with Gasteiger partial charge in [0.15, 0.2) is 5.75 Å². The second-order valence-corrected chi connectivity index (χ2v) is 7.45. The molecule has 6 nitrogen and oxygen atoms in total. The maximum absolute atomic E-state index is 12.9. The lowest BCUT2D eigenvalue weighted by molar-refractivity contribution is -0.137. The summed E-state index contributed by atoms with van der Waals surface area (Å²) in [4.78, 5) is 14.7. The highest BCUT2D eigenvalue weighted by atomic mass is 19.4. The second kappa shape index (κ2) is 9.60. The number of rotatable bonds is 6. The highest BCUT2D eigenvalue weighted by Crippen LogP contribution is 2.42. The Hall–Kier alpha value is -3.79. The summed E-state index contributed by atoms with van der Waals surface area (Å²) in [5, 5.41) is 12.5. The summed E-state index contributed by atoms with van der Waals surface area (Å²) < 4.78 is 61.4. The number of para-hydroxylation sites is 1. The van der Waals surface area contributed by atoms with E-state index in [4.69, 9.17) is 9.47 Å². The minimum Gasteiger partial charge on any atom is -0.488 e. The first-order valence-corrected chi connectivity index (χ1v) is 10.2. The Bertz CT molecular complexity index is 1150. The lowest BCUT2D eigenvalue weighted by atomic mass is 10.1. The third-order valence-corrected chi connectivity index (χ3v) is 5.30. The number of nitrogens with one attached hydrogen (secondary N) is 1. The van der Waals surface area contributed by atoms with E-state index in [-0.39, 0.29) is 30.2 Å². The van der Waals surface area contributed by atoms with E-state index in [9.17, 15) is 27.5 Å². The van der Waals surface area contributed by atoms with Crippen LogP contribution in [0.1, 0.15) is 15.9 Å². The summed E-state index contributed by atoms with van der Waals surface area (Å²) in [6.07, 6.45) is -4.47. The van der Waals surface area contributed by atoms with Crippen molar-refractivity contribution >= 4 is 23.0 Å². The number of hydrogen-bond donors (Lipinski definition) is 2. The van der Waals surface area contributed by atoms with Gasteiger partial charge in [0, 0.05) is 11.4 Å². The molecule has 0 unspecified atom stereocenters. The number of amides is 1. The monoisotopic (exact) mass is 476 g/mol. The van der Waals surface area contributed by atoms with E-state index < -0.39 is 30.5 Å². The summed E-state index contributed by atoms with van der Waals surface area (Å²) in [5.41, 5.74) is 0.732. The molecule has 34 heavy (non-hydrogen) atoms. The van der Waals surface area contributed by atoms with Crippen LogP contribution in [0.25, 0.3) is 0 Å². The molecule has 1 atom stereocenters. The average molecular weight is 476 g/mol. The van der Waals surface area contributed by atoms with E-state index in [1.165, 1.54) is 18.2 Å². The first-order valence-electron chi connectivity index (χ1n) is 10.2. The van der Waals surface area contributed by atoms with Crippen LogP contribution < -0.4 is 19.7 Å². The molecule has 178 valence electrons. The first-order chi connectivity index (χ1) is 16.3.